The van der Waals surface area contributed by atoms with Crippen molar-refractivity contribution in [1.82, 2.24) is 9.62 Å². The van der Waals surface area contributed by atoms with Gasteiger partial charge in [-0.05, 0) is 51.7 Å². The van der Waals surface area contributed by atoms with Crippen molar-refractivity contribution in [1.29, 1.82) is 0 Å². The molecule has 1 fully saturated rings. The molecular weight excluding hydrogens is 344 g/mol. The lowest BCUT2D eigenvalue weighted by molar-refractivity contribution is -0.148. The summed E-state index contributed by atoms with van der Waals surface area (Å²) in [5, 5.41) is 9.19. The van der Waals surface area contributed by atoms with E-state index < -0.39 is 34.0 Å². The number of nitrogens with zero attached hydrogens (tertiary/aromatic N) is 1. The van der Waals surface area contributed by atoms with Gasteiger partial charge in [-0.2, -0.15) is 4.72 Å². The maximum atomic E-state index is 12.7. The van der Waals surface area contributed by atoms with Crippen LogP contribution in [0.3, 0.4) is 0 Å². The summed E-state index contributed by atoms with van der Waals surface area (Å²) in [6.45, 7) is 7.07. The van der Waals surface area contributed by atoms with Crippen molar-refractivity contribution in [2.45, 2.75) is 57.5 Å². The van der Waals surface area contributed by atoms with E-state index in [0.717, 1.165) is 5.56 Å². The molecule has 0 saturated carbocycles. The second-order valence-corrected chi connectivity index (χ2v) is 8.25. The van der Waals surface area contributed by atoms with E-state index in [1.807, 2.05) is 6.92 Å². The molecule has 0 aromatic heterocycles. The molecule has 0 unspecified atom stereocenters. The standard InChI is InChI=1S/C17H24N2O5S/c1-10-8-11(2)15(12(3)9-10)25(23,24)18-13(4)16(20)19-7-5-6-14(19)17(21)22/h8-9,13-14,18H,5-7H2,1-4H3,(H,21,22)/t13-,14-/m0/s1. The largest absolute Gasteiger partial charge is 0.480 e. The summed E-state index contributed by atoms with van der Waals surface area (Å²) in [4.78, 5) is 25.2. The van der Waals surface area contributed by atoms with Crippen LogP contribution in [0.5, 0.6) is 0 Å². The molecule has 1 aromatic carbocycles. The number of hydrogen-bond acceptors (Lipinski definition) is 4. The first-order valence-electron chi connectivity index (χ1n) is 8.18. The molecule has 1 heterocycles. The van der Waals surface area contributed by atoms with Crippen molar-refractivity contribution in [3.8, 4) is 0 Å². The number of aliphatic carboxylic acids is 1. The first-order valence-corrected chi connectivity index (χ1v) is 9.66. The molecular formula is C17H24N2O5S. The monoisotopic (exact) mass is 368 g/mol. The van der Waals surface area contributed by atoms with Gasteiger partial charge in [0.1, 0.15) is 6.04 Å². The molecule has 0 spiro atoms. The second kappa shape index (κ2) is 7.13. The molecule has 138 valence electrons. The van der Waals surface area contributed by atoms with Crippen LogP contribution in [0.25, 0.3) is 0 Å². The van der Waals surface area contributed by atoms with Gasteiger partial charge in [-0.15, -0.1) is 0 Å². The second-order valence-electron chi connectivity index (χ2n) is 6.60. The summed E-state index contributed by atoms with van der Waals surface area (Å²) in [6, 6.07) is 1.62. The predicted molar refractivity (Wildman–Crippen MR) is 92.8 cm³/mol. The number of sulfonamides is 1. The maximum absolute atomic E-state index is 12.7. The van der Waals surface area contributed by atoms with E-state index >= 15 is 0 Å². The van der Waals surface area contributed by atoms with Gasteiger partial charge in [0, 0.05) is 6.54 Å². The van der Waals surface area contributed by atoms with Crippen molar-refractivity contribution in [2.75, 3.05) is 6.54 Å². The van der Waals surface area contributed by atoms with Crippen LogP contribution >= 0.6 is 0 Å². The number of likely N-dealkylation sites (tertiary alicyclic amines) is 1. The number of hydrogen-bond donors (Lipinski definition) is 2. The molecule has 8 heteroatoms. The molecule has 2 rings (SSSR count). The minimum Gasteiger partial charge on any atom is -0.480 e. The summed E-state index contributed by atoms with van der Waals surface area (Å²) in [6.07, 6.45) is 0.981. The Morgan fingerprint density at radius 3 is 2.32 bits per heavy atom. The molecule has 7 nitrogen and oxygen atoms in total. The summed E-state index contributed by atoms with van der Waals surface area (Å²) in [5.74, 6) is -1.58. The number of carboxylic acids is 1. The third-order valence-electron chi connectivity index (χ3n) is 4.40. The van der Waals surface area contributed by atoms with Gasteiger partial charge in [0.25, 0.3) is 0 Å². The SMILES string of the molecule is Cc1cc(C)c(S(=O)(=O)N[C@@H](C)C(=O)N2CCC[C@H]2C(=O)O)c(C)c1. The molecule has 1 aliphatic rings. The number of benzene rings is 1. The number of aryl methyl sites for hydroxylation is 3. The molecule has 0 radical (unpaired) electrons. The molecule has 2 atom stereocenters. The number of carboxylic acid groups (broad SMARTS) is 1. The van der Waals surface area contributed by atoms with Gasteiger partial charge >= 0.3 is 5.97 Å². The number of carbonyl (C=O) groups excluding carboxylic acids is 1. The van der Waals surface area contributed by atoms with Crippen molar-refractivity contribution in [2.24, 2.45) is 0 Å². The van der Waals surface area contributed by atoms with E-state index in [0.29, 0.717) is 30.5 Å². The molecule has 2 N–H and O–H groups in total. The first-order chi connectivity index (χ1) is 11.5. The molecule has 25 heavy (non-hydrogen) atoms. The fourth-order valence-corrected chi connectivity index (χ4v) is 5.12. The fraction of sp³-hybridized carbons (Fsp3) is 0.529. The zero-order chi connectivity index (χ0) is 18.9. The Bertz CT molecular complexity index is 780. The van der Waals surface area contributed by atoms with E-state index in [1.54, 1.807) is 26.0 Å². The number of carbonyl (C=O) groups is 2. The Kier molecular flexibility index (Phi) is 5.53. The van der Waals surface area contributed by atoms with E-state index in [1.165, 1.54) is 11.8 Å². The van der Waals surface area contributed by atoms with Crippen LogP contribution in [-0.4, -0.2) is 48.9 Å². The van der Waals surface area contributed by atoms with Gasteiger partial charge in [0.15, 0.2) is 0 Å². The lowest BCUT2D eigenvalue weighted by Gasteiger charge is -2.25. The molecule has 1 amide bonds. The quantitative estimate of drug-likeness (QED) is 0.816. The van der Waals surface area contributed by atoms with Gasteiger partial charge in [-0.3, -0.25) is 4.79 Å². The predicted octanol–water partition coefficient (Wildman–Crippen LogP) is 1.35. The third kappa shape index (κ3) is 4.01. The lowest BCUT2D eigenvalue weighted by Crippen LogP contribution is -2.50. The van der Waals surface area contributed by atoms with Crippen LogP contribution in [0, 0.1) is 20.8 Å². The zero-order valence-corrected chi connectivity index (χ0v) is 15.7. The molecule has 0 bridgehead atoms. The van der Waals surface area contributed by atoms with Crippen LogP contribution < -0.4 is 4.72 Å². The van der Waals surface area contributed by atoms with Crippen LogP contribution in [0.15, 0.2) is 17.0 Å². The van der Waals surface area contributed by atoms with E-state index in [9.17, 15) is 23.1 Å². The lowest BCUT2D eigenvalue weighted by atomic mass is 10.1. The van der Waals surface area contributed by atoms with Crippen molar-refractivity contribution >= 4 is 21.9 Å². The van der Waals surface area contributed by atoms with Crippen LogP contribution in [0.1, 0.15) is 36.5 Å². The number of nitrogens with one attached hydrogen (secondary N) is 1. The smallest absolute Gasteiger partial charge is 0.326 e. The van der Waals surface area contributed by atoms with Crippen LogP contribution in [0.2, 0.25) is 0 Å². The summed E-state index contributed by atoms with van der Waals surface area (Å²) in [5.41, 5.74) is 2.17. The zero-order valence-electron chi connectivity index (χ0n) is 14.9. The summed E-state index contributed by atoms with van der Waals surface area (Å²) >= 11 is 0. The highest BCUT2D eigenvalue weighted by Crippen LogP contribution is 2.23. The van der Waals surface area contributed by atoms with E-state index in [-0.39, 0.29) is 4.90 Å². The summed E-state index contributed by atoms with van der Waals surface area (Å²) < 4.78 is 27.9. The Morgan fingerprint density at radius 1 is 1.24 bits per heavy atom. The topological polar surface area (TPSA) is 104 Å². The minimum absolute atomic E-state index is 0.161. The average Bonchev–Trinajstić information content (AvgIpc) is 2.93. The maximum Gasteiger partial charge on any atom is 0.326 e. The van der Waals surface area contributed by atoms with Gasteiger partial charge in [0.05, 0.1) is 10.9 Å². The van der Waals surface area contributed by atoms with Gasteiger partial charge < -0.3 is 10.0 Å². The molecule has 1 aliphatic heterocycles. The van der Waals surface area contributed by atoms with E-state index in [2.05, 4.69) is 4.72 Å². The Labute approximate surface area is 148 Å². The normalized spacial score (nSPS) is 19.0. The van der Waals surface area contributed by atoms with Gasteiger partial charge in [0.2, 0.25) is 15.9 Å². The fourth-order valence-electron chi connectivity index (χ4n) is 3.47. The Morgan fingerprint density at radius 2 is 1.80 bits per heavy atom. The number of amides is 1. The van der Waals surface area contributed by atoms with Gasteiger partial charge in [-0.25, -0.2) is 13.2 Å². The van der Waals surface area contributed by atoms with Crippen molar-refractivity contribution in [3.63, 3.8) is 0 Å². The van der Waals surface area contributed by atoms with Crippen LogP contribution in [-0.2, 0) is 19.6 Å². The molecule has 1 saturated heterocycles. The Hall–Kier alpha value is -1.93. The molecule has 1 aromatic rings. The third-order valence-corrected chi connectivity index (χ3v) is 6.24. The average molecular weight is 368 g/mol. The highest BCUT2D eigenvalue weighted by molar-refractivity contribution is 7.89. The van der Waals surface area contributed by atoms with Crippen LogP contribution in [0.4, 0.5) is 0 Å². The van der Waals surface area contributed by atoms with E-state index in [4.69, 9.17) is 0 Å². The first kappa shape index (κ1) is 19.4. The van der Waals surface area contributed by atoms with Gasteiger partial charge in [-0.1, -0.05) is 17.7 Å². The summed E-state index contributed by atoms with van der Waals surface area (Å²) in [7, 11) is -3.89. The van der Waals surface area contributed by atoms with Crippen molar-refractivity contribution < 1.29 is 23.1 Å². The minimum atomic E-state index is -3.89. The number of rotatable bonds is 5. The highest BCUT2D eigenvalue weighted by atomic mass is 32.2. The van der Waals surface area contributed by atoms with Crippen molar-refractivity contribution in [3.05, 3.63) is 28.8 Å². The molecule has 0 aliphatic carbocycles. The highest BCUT2D eigenvalue weighted by Gasteiger charge is 2.37. The Balaban J connectivity index is 2.23.